The van der Waals surface area contributed by atoms with E-state index in [0.717, 1.165) is 0 Å². The minimum atomic E-state index is -1.04. The molecule has 102 valence electrons. The highest BCUT2D eigenvalue weighted by Gasteiger charge is 2.23. The van der Waals surface area contributed by atoms with Gasteiger partial charge in [0.25, 0.3) is 0 Å². The molecule has 0 bridgehead atoms. The lowest BCUT2D eigenvalue weighted by molar-refractivity contribution is -0.135. The van der Waals surface area contributed by atoms with E-state index < -0.39 is 5.97 Å². The fourth-order valence-electron chi connectivity index (χ4n) is 1.60. The average molecular weight is 281 g/mol. The zero-order chi connectivity index (χ0) is 14.4. The average Bonchev–Trinajstić information content (AvgIpc) is 2.35. The smallest absolute Gasteiger partial charge is 0.323 e. The van der Waals surface area contributed by atoms with Gasteiger partial charge in [0.1, 0.15) is 12.3 Å². The van der Waals surface area contributed by atoms with Crippen LogP contribution in [0.15, 0.2) is 18.5 Å². The number of hydrogen-bond donors (Lipinski definition) is 1. The zero-order valence-electron chi connectivity index (χ0n) is 10.7. The number of Topliss-reactive ketones (excluding diaryl/α,β-unsaturated/α-hetero) is 1. The number of carbonyl (C=O) groups excluding carboxylic acids is 1. The normalized spacial score (nSPS) is 11.7. The summed E-state index contributed by atoms with van der Waals surface area (Å²) in [7, 11) is 0. The highest BCUT2D eigenvalue weighted by molar-refractivity contribution is 7.80. The number of nitrogens with zero attached hydrogens (tertiary/aromatic N) is 3. The molecule has 1 rings (SSSR count). The van der Waals surface area contributed by atoms with Gasteiger partial charge in [-0.3, -0.25) is 9.69 Å². The molecule has 0 amide bonds. The van der Waals surface area contributed by atoms with E-state index in [-0.39, 0.29) is 30.6 Å². The van der Waals surface area contributed by atoms with E-state index in [2.05, 4.69) is 9.97 Å². The summed E-state index contributed by atoms with van der Waals surface area (Å²) in [6, 6.07) is 1.63. The van der Waals surface area contributed by atoms with E-state index in [9.17, 15) is 9.59 Å². The Kier molecular flexibility index (Phi) is 5.50. The molecule has 0 aliphatic carbocycles. The molecule has 0 saturated carbocycles. The first-order valence-corrected chi connectivity index (χ1v) is 6.12. The lowest BCUT2D eigenvalue weighted by atomic mass is 10.0. The molecule has 0 fully saturated rings. The lowest BCUT2D eigenvalue weighted by Crippen LogP contribution is -2.39. The summed E-state index contributed by atoms with van der Waals surface area (Å²) in [5.74, 6) is -1.05. The van der Waals surface area contributed by atoms with Crippen LogP contribution in [0.2, 0.25) is 0 Å². The fraction of sp³-hybridized carbons (Fsp3) is 0.417. The number of carbonyl (C=O) groups is 2. The van der Waals surface area contributed by atoms with Crippen molar-refractivity contribution in [2.24, 2.45) is 5.92 Å². The summed E-state index contributed by atoms with van der Waals surface area (Å²) in [6.07, 6.45) is 3.28. The van der Waals surface area contributed by atoms with Gasteiger partial charge in [-0.1, -0.05) is 19.1 Å². The molecular formula is C12H15N3O3S. The SMILES string of the molecule is CC(=O)CC(C)C(=S)N(CC(=O)O)c1ncccn1. The third kappa shape index (κ3) is 4.70. The standard InChI is InChI=1S/C12H15N3O3S/c1-8(6-9(2)16)11(19)15(7-10(17)18)12-13-4-3-5-14-12/h3-5,8H,6-7H2,1-2H3,(H,17,18). The second kappa shape index (κ2) is 6.89. The van der Waals surface area contributed by atoms with Crippen molar-refractivity contribution in [3.8, 4) is 0 Å². The van der Waals surface area contributed by atoms with Gasteiger partial charge in [0.15, 0.2) is 0 Å². The van der Waals surface area contributed by atoms with Crippen molar-refractivity contribution in [3.05, 3.63) is 18.5 Å². The van der Waals surface area contributed by atoms with Gasteiger partial charge in [-0.2, -0.15) is 0 Å². The minimum Gasteiger partial charge on any atom is -0.480 e. The van der Waals surface area contributed by atoms with Crippen molar-refractivity contribution in [3.63, 3.8) is 0 Å². The number of aromatic nitrogens is 2. The molecule has 7 heteroatoms. The van der Waals surface area contributed by atoms with Crippen LogP contribution in [0.3, 0.4) is 0 Å². The Bertz CT molecular complexity index is 478. The van der Waals surface area contributed by atoms with Crippen LogP contribution in [-0.4, -0.2) is 38.4 Å². The van der Waals surface area contributed by atoms with Gasteiger partial charge in [0, 0.05) is 24.7 Å². The van der Waals surface area contributed by atoms with Crippen LogP contribution in [-0.2, 0) is 9.59 Å². The maximum atomic E-state index is 11.1. The maximum absolute atomic E-state index is 11.1. The number of carboxylic acids is 1. The Morgan fingerprint density at radius 3 is 2.47 bits per heavy atom. The van der Waals surface area contributed by atoms with Crippen LogP contribution in [0, 0.1) is 5.92 Å². The predicted molar refractivity (Wildman–Crippen MR) is 74.1 cm³/mol. The van der Waals surface area contributed by atoms with Gasteiger partial charge in [-0.25, -0.2) is 9.97 Å². The van der Waals surface area contributed by atoms with Gasteiger partial charge in [0.05, 0.1) is 4.99 Å². The van der Waals surface area contributed by atoms with Crippen LogP contribution in [0.1, 0.15) is 20.3 Å². The molecule has 1 heterocycles. The molecule has 0 spiro atoms. The first-order valence-electron chi connectivity index (χ1n) is 5.71. The first-order chi connectivity index (χ1) is 8.91. The Labute approximate surface area is 116 Å². The van der Waals surface area contributed by atoms with Crippen molar-refractivity contribution >= 4 is 34.9 Å². The summed E-state index contributed by atoms with van der Waals surface area (Å²) >= 11 is 5.25. The van der Waals surface area contributed by atoms with Crippen LogP contribution >= 0.6 is 12.2 Å². The monoisotopic (exact) mass is 281 g/mol. The van der Waals surface area contributed by atoms with Crippen molar-refractivity contribution in [2.45, 2.75) is 20.3 Å². The number of rotatable bonds is 6. The van der Waals surface area contributed by atoms with Crippen molar-refractivity contribution < 1.29 is 14.7 Å². The fourth-order valence-corrected chi connectivity index (χ4v) is 1.83. The van der Waals surface area contributed by atoms with E-state index in [1.165, 1.54) is 24.2 Å². The molecule has 0 saturated heterocycles. The highest BCUT2D eigenvalue weighted by Crippen LogP contribution is 2.15. The Morgan fingerprint density at radius 2 is 2.00 bits per heavy atom. The molecule has 6 nitrogen and oxygen atoms in total. The molecule has 1 atom stereocenters. The maximum Gasteiger partial charge on any atom is 0.323 e. The van der Waals surface area contributed by atoms with Gasteiger partial charge in [-0.15, -0.1) is 0 Å². The van der Waals surface area contributed by atoms with Crippen LogP contribution in [0.4, 0.5) is 5.95 Å². The van der Waals surface area contributed by atoms with Crippen LogP contribution < -0.4 is 4.90 Å². The molecule has 1 unspecified atom stereocenters. The first kappa shape index (κ1) is 15.2. The summed E-state index contributed by atoms with van der Waals surface area (Å²) in [5.41, 5.74) is 0. The zero-order valence-corrected chi connectivity index (χ0v) is 11.6. The van der Waals surface area contributed by atoms with Crippen molar-refractivity contribution in [1.29, 1.82) is 0 Å². The Hall–Kier alpha value is -1.89. The summed E-state index contributed by atoms with van der Waals surface area (Å²) in [5, 5.41) is 8.93. The predicted octanol–water partition coefficient (Wildman–Crippen LogP) is 1.31. The van der Waals surface area contributed by atoms with Gasteiger partial charge < -0.3 is 9.90 Å². The Balaban J connectivity index is 2.94. The molecule has 1 aromatic rings. The second-order valence-electron chi connectivity index (χ2n) is 4.17. The molecule has 0 radical (unpaired) electrons. The van der Waals surface area contributed by atoms with Crippen molar-refractivity contribution in [1.82, 2.24) is 9.97 Å². The van der Waals surface area contributed by atoms with Crippen LogP contribution in [0.25, 0.3) is 0 Å². The van der Waals surface area contributed by atoms with Gasteiger partial charge in [-0.05, 0) is 13.0 Å². The number of carboxylic acid groups (broad SMARTS) is 1. The third-order valence-electron chi connectivity index (χ3n) is 2.37. The Morgan fingerprint density at radius 1 is 1.42 bits per heavy atom. The summed E-state index contributed by atoms with van der Waals surface area (Å²) < 4.78 is 0. The van der Waals surface area contributed by atoms with E-state index in [4.69, 9.17) is 17.3 Å². The van der Waals surface area contributed by atoms with E-state index >= 15 is 0 Å². The van der Waals surface area contributed by atoms with Crippen LogP contribution in [0.5, 0.6) is 0 Å². The number of aliphatic carboxylic acids is 1. The number of ketones is 1. The van der Waals surface area contributed by atoms with Crippen molar-refractivity contribution in [2.75, 3.05) is 11.4 Å². The number of hydrogen-bond acceptors (Lipinski definition) is 5. The molecule has 0 aliphatic heterocycles. The third-order valence-corrected chi connectivity index (χ3v) is 2.99. The molecular weight excluding hydrogens is 266 g/mol. The van der Waals surface area contributed by atoms with E-state index in [1.807, 2.05) is 0 Å². The lowest BCUT2D eigenvalue weighted by Gasteiger charge is -2.24. The molecule has 0 aliphatic rings. The van der Waals surface area contributed by atoms with E-state index in [0.29, 0.717) is 4.99 Å². The molecule has 1 N–H and O–H groups in total. The van der Waals surface area contributed by atoms with E-state index in [1.54, 1.807) is 13.0 Å². The summed E-state index contributed by atoms with van der Waals surface area (Å²) in [6.45, 7) is 2.92. The number of anilines is 1. The minimum absolute atomic E-state index is 0.000829. The van der Waals surface area contributed by atoms with Gasteiger partial charge in [0.2, 0.25) is 5.95 Å². The molecule has 1 aromatic heterocycles. The highest BCUT2D eigenvalue weighted by atomic mass is 32.1. The summed E-state index contributed by atoms with van der Waals surface area (Å²) in [4.78, 5) is 31.7. The number of thiocarbonyl (C=S) groups is 1. The second-order valence-corrected chi connectivity index (χ2v) is 4.59. The van der Waals surface area contributed by atoms with Gasteiger partial charge >= 0.3 is 5.97 Å². The molecule has 0 aromatic carbocycles. The molecule has 19 heavy (non-hydrogen) atoms. The quantitative estimate of drug-likeness (QED) is 0.787. The largest absolute Gasteiger partial charge is 0.480 e. The topological polar surface area (TPSA) is 83.4 Å².